The number of phenols is 1. The molecule has 1 aliphatic heterocycles. The van der Waals surface area contributed by atoms with Crippen molar-refractivity contribution in [2.24, 2.45) is 5.92 Å². The van der Waals surface area contributed by atoms with Crippen LogP contribution in [0.15, 0.2) is 12.1 Å². The number of hydrogen-bond donors (Lipinski definition) is 2. The molecule has 20 heavy (non-hydrogen) atoms. The first-order chi connectivity index (χ1) is 9.65. The van der Waals surface area contributed by atoms with Gasteiger partial charge < -0.3 is 10.4 Å². The lowest BCUT2D eigenvalue weighted by Crippen LogP contribution is -2.45. The number of rotatable bonds is 4. The van der Waals surface area contributed by atoms with E-state index < -0.39 is 0 Å². The fraction of sp³-hybridized carbons (Fsp3) is 0.625. The third-order valence-corrected chi connectivity index (χ3v) is 4.50. The molecule has 0 amide bonds. The molecular weight excluding hydrogens is 255 g/mol. The molecule has 0 bridgehead atoms. The Morgan fingerprint density at radius 1 is 1.35 bits per heavy atom. The molecule has 4 heteroatoms. The molecule has 2 N–H and O–H groups in total. The number of halogens is 1. The third kappa shape index (κ3) is 2.96. The third-order valence-electron chi connectivity index (χ3n) is 4.50. The highest BCUT2D eigenvalue weighted by Gasteiger charge is 2.32. The number of nitrogens with zero attached hydrogens (tertiary/aromatic N) is 1. The van der Waals surface area contributed by atoms with Crippen LogP contribution in [-0.4, -0.2) is 36.2 Å². The van der Waals surface area contributed by atoms with Gasteiger partial charge in [-0.1, -0.05) is 12.8 Å². The summed E-state index contributed by atoms with van der Waals surface area (Å²) in [5.41, 5.74) is 1.41. The topological polar surface area (TPSA) is 35.5 Å². The van der Waals surface area contributed by atoms with Gasteiger partial charge in [-0.05, 0) is 37.0 Å². The number of aromatic hydroxyl groups is 1. The van der Waals surface area contributed by atoms with Gasteiger partial charge in [-0.3, -0.25) is 4.90 Å². The van der Waals surface area contributed by atoms with Crippen LogP contribution in [0.25, 0.3) is 0 Å². The first-order valence-electron chi connectivity index (χ1n) is 7.59. The van der Waals surface area contributed by atoms with E-state index in [0.29, 0.717) is 5.56 Å². The maximum atomic E-state index is 13.7. The van der Waals surface area contributed by atoms with E-state index in [-0.39, 0.29) is 17.6 Å². The van der Waals surface area contributed by atoms with Crippen LogP contribution < -0.4 is 5.32 Å². The zero-order valence-corrected chi connectivity index (χ0v) is 12.0. The van der Waals surface area contributed by atoms with Crippen molar-refractivity contribution in [3.8, 4) is 5.75 Å². The molecule has 3 rings (SSSR count). The van der Waals surface area contributed by atoms with Gasteiger partial charge in [-0.25, -0.2) is 4.39 Å². The summed E-state index contributed by atoms with van der Waals surface area (Å²) in [4.78, 5) is 2.39. The van der Waals surface area contributed by atoms with Crippen LogP contribution in [0, 0.1) is 18.7 Å². The van der Waals surface area contributed by atoms with Crippen LogP contribution in [0.5, 0.6) is 5.75 Å². The number of hydrogen-bond acceptors (Lipinski definition) is 3. The quantitative estimate of drug-likeness (QED) is 0.888. The summed E-state index contributed by atoms with van der Waals surface area (Å²) in [5, 5.41) is 13.7. The van der Waals surface area contributed by atoms with Gasteiger partial charge in [0.05, 0.1) is 0 Å². The van der Waals surface area contributed by atoms with E-state index in [0.717, 1.165) is 44.1 Å². The molecule has 2 fully saturated rings. The van der Waals surface area contributed by atoms with Crippen LogP contribution in [0.4, 0.5) is 4.39 Å². The van der Waals surface area contributed by atoms with Gasteiger partial charge in [-0.15, -0.1) is 0 Å². The number of benzene rings is 1. The van der Waals surface area contributed by atoms with Crippen molar-refractivity contribution < 1.29 is 9.50 Å². The molecule has 110 valence electrons. The maximum absolute atomic E-state index is 13.7. The Hall–Kier alpha value is -1.13. The first kappa shape index (κ1) is 13.8. The fourth-order valence-electron chi connectivity index (χ4n) is 3.15. The summed E-state index contributed by atoms with van der Waals surface area (Å²) in [7, 11) is 0. The molecule has 1 atom stereocenters. The lowest BCUT2D eigenvalue weighted by atomic mass is 9.96. The largest absolute Gasteiger partial charge is 0.507 e. The summed E-state index contributed by atoms with van der Waals surface area (Å²) < 4.78 is 13.7. The Morgan fingerprint density at radius 3 is 2.70 bits per heavy atom. The second kappa shape index (κ2) is 5.70. The van der Waals surface area contributed by atoms with Crippen LogP contribution in [0.1, 0.15) is 36.4 Å². The normalized spacial score (nSPS) is 21.9. The minimum Gasteiger partial charge on any atom is -0.507 e. The molecule has 0 aromatic heterocycles. The summed E-state index contributed by atoms with van der Waals surface area (Å²) in [6.07, 6.45) is 3.59. The molecule has 1 aromatic carbocycles. The zero-order chi connectivity index (χ0) is 14.1. The molecule has 3 nitrogen and oxygen atoms in total. The summed E-state index contributed by atoms with van der Waals surface area (Å²) in [6, 6.07) is 3.08. The summed E-state index contributed by atoms with van der Waals surface area (Å²) >= 11 is 0. The number of aryl methyl sites for hydroxylation is 1. The Labute approximate surface area is 119 Å². The van der Waals surface area contributed by atoms with Gasteiger partial charge in [0.25, 0.3) is 0 Å². The van der Waals surface area contributed by atoms with Crippen molar-refractivity contribution in [3.63, 3.8) is 0 Å². The standard InChI is InChI=1S/C16H23FN2O/c1-11-8-13(17)10-14(16(11)20)15(9-12-2-3-12)19-6-4-18-5-7-19/h8,10,12,15,18,20H,2-7,9H2,1H3/t15-/m1/s1. The molecule has 0 radical (unpaired) electrons. The number of nitrogens with one attached hydrogen (secondary N) is 1. The minimum absolute atomic E-state index is 0.152. The minimum atomic E-state index is -0.244. The van der Waals surface area contributed by atoms with Gasteiger partial charge in [-0.2, -0.15) is 0 Å². The molecule has 1 saturated heterocycles. The first-order valence-corrected chi connectivity index (χ1v) is 7.59. The van der Waals surface area contributed by atoms with E-state index in [9.17, 15) is 9.50 Å². The van der Waals surface area contributed by atoms with Gasteiger partial charge in [0.2, 0.25) is 0 Å². The van der Waals surface area contributed by atoms with Gasteiger partial charge in [0.15, 0.2) is 0 Å². The van der Waals surface area contributed by atoms with Crippen LogP contribution in [-0.2, 0) is 0 Å². The predicted octanol–water partition coefficient (Wildman–Crippen LogP) is 2.59. The molecule has 1 heterocycles. The molecule has 0 unspecified atom stereocenters. The van der Waals surface area contributed by atoms with Crippen LogP contribution in [0.2, 0.25) is 0 Å². The van der Waals surface area contributed by atoms with E-state index in [1.807, 2.05) is 0 Å². The van der Waals surface area contributed by atoms with E-state index in [2.05, 4.69) is 10.2 Å². The summed E-state index contributed by atoms with van der Waals surface area (Å²) in [6.45, 7) is 5.64. The van der Waals surface area contributed by atoms with Crippen molar-refractivity contribution in [1.29, 1.82) is 0 Å². The lowest BCUT2D eigenvalue weighted by Gasteiger charge is -2.36. The van der Waals surface area contributed by atoms with Crippen molar-refractivity contribution in [2.75, 3.05) is 26.2 Å². The molecule has 1 saturated carbocycles. The van der Waals surface area contributed by atoms with Crippen LogP contribution in [0.3, 0.4) is 0 Å². The van der Waals surface area contributed by atoms with Crippen molar-refractivity contribution >= 4 is 0 Å². The average Bonchev–Trinajstić information content (AvgIpc) is 3.25. The average molecular weight is 278 g/mol. The second-order valence-electron chi connectivity index (χ2n) is 6.14. The van der Waals surface area contributed by atoms with Gasteiger partial charge in [0.1, 0.15) is 11.6 Å². The van der Waals surface area contributed by atoms with Crippen molar-refractivity contribution in [2.45, 2.75) is 32.2 Å². The molecule has 1 aliphatic carbocycles. The van der Waals surface area contributed by atoms with Crippen molar-refractivity contribution in [3.05, 3.63) is 29.1 Å². The maximum Gasteiger partial charge on any atom is 0.124 e. The number of phenolic OH excluding ortho intramolecular Hbond substituents is 1. The Bertz CT molecular complexity index is 482. The molecule has 0 spiro atoms. The predicted molar refractivity (Wildman–Crippen MR) is 77.3 cm³/mol. The summed E-state index contributed by atoms with van der Waals surface area (Å²) in [5.74, 6) is 0.777. The highest BCUT2D eigenvalue weighted by atomic mass is 19.1. The zero-order valence-electron chi connectivity index (χ0n) is 12.0. The fourth-order valence-corrected chi connectivity index (χ4v) is 3.15. The van der Waals surface area contributed by atoms with E-state index in [1.54, 1.807) is 6.92 Å². The van der Waals surface area contributed by atoms with Crippen molar-refractivity contribution in [1.82, 2.24) is 10.2 Å². The number of piperazine rings is 1. The Morgan fingerprint density at radius 2 is 2.05 bits per heavy atom. The smallest absolute Gasteiger partial charge is 0.124 e. The highest BCUT2D eigenvalue weighted by molar-refractivity contribution is 5.42. The SMILES string of the molecule is Cc1cc(F)cc([C@@H](CC2CC2)N2CCNCC2)c1O. The van der Waals surface area contributed by atoms with E-state index in [1.165, 1.54) is 25.0 Å². The highest BCUT2D eigenvalue weighted by Crippen LogP contribution is 2.43. The Kier molecular flexibility index (Phi) is 3.94. The lowest BCUT2D eigenvalue weighted by molar-refractivity contribution is 0.157. The monoisotopic (exact) mass is 278 g/mol. The van der Waals surface area contributed by atoms with E-state index in [4.69, 9.17) is 0 Å². The van der Waals surface area contributed by atoms with Gasteiger partial charge >= 0.3 is 0 Å². The molecule has 2 aliphatic rings. The van der Waals surface area contributed by atoms with Crippen LogP contribution >= 0.6 is 0 Å². The van der Waals surface area contributed by atoms with Gasteiger partial charge in [0, 0.05) is 37.8 Å². The molecular formula is C16H23FN2O. The Balaban J connectivity index is 1.90. The van der Waals surface area contributed by atoms with E-state index >= 15 is 0 Å². The molecule has 1 aromatic rings. The second-order valence-corrected chi connectivity index (χ2v) is 6.14.